The molecule has 2 rings (SSSR count). The molecule has 6 heteroatoms. The van der Waals surface area contributed by atoms with Gasteiger partial charge in [0.2, 0.25) is 0 Å². The Morgan fingerprint density at radius 1 is 1.39 bits per heavy atom. The summed E-state index contributed by atoms with van der Waals surface area (Å²) in [5.41, 5.74) is 0.617. The highest BCUT2D eigenvalue weighted by Crippen LogP contribution is 2.27. The zero-order valence-electron chi connectivity index (χ0n) is 10.3. The summed E-state index contributed by atoms with van der Waals surface area (Å²) in [7, 11) is 0. The molecule has 1 N–H and O–H groups in total. The number of nitrogens with one attached hydrogen (secondary N) is 1. The SMILES string of the molecule is CC(C)(C)n1c(-c2ccc(F)c(Br)c2)n[nH]c1=S. The van der Waals surface area contributed by atoms with Gasteiger partial charge in [0.25, 0.3) is 0 Å². The lowest BCUT2D eigenvalue weighted by Gasteiger charge is -2.22. The number of nitrogens with zero attached hydrogens (tertiary/aromatic N) is 2. The number of aromatic amines is 1. The van der Waals surface area contributed by atoms with Crippen molar-refractivity contribution in [3.63, 3.8) is 0 Å². The molecule has 1 aromatic heterocycles. The number of rotatable bonds is 1. The Hall–Kier alpha value is -1.01. The summed E-state index contributed by atoms with van der Waals surface area (Å²) in [6.45, 7) is 6.13. The van der Waals surface area contributed by atoms with Crippen molar-refractivity contribution in [3.05, 3.63) is 33.3 Å². The van der Waals surface area contributed by atoms with Crippen molar-refractivity contribution >= 4 is 28.1 Å². The Balaban J connectivity index is 2.65. The Morgan fingerprint density at radius 2 is 2.06 bits per heavy atom. The van der Waals surface area contributed by atoms with Gasteiger partial charge < -0.3 is 0 Å². The molecule has 0 amide bonds. The van der Waals surface area contributed by atoms with E-state index in [4.69, 9.17) is 12.2 Å². The molecule has 0 saturated carbocycles. The van der Waals surface area contributed by atoms with Crippen molar-refractivity contribution in [1.29, 1.82) is 0 Å². The van der Waals surface area contributed by atoms with Crippen LogP contribution in [0.1, 0.15) is 20.8 Å². The fraction of sp³-hybridized carbons (Fsp3) is 0.333. The van der Waals surface area contributed by atoms with Gasteiger partial charge in [0.05, 0.1) is 4.47 Å². The fourth-order valence-corrected chi connectivity index (χ4v) is 2.53. The van der Waals surface area contributed by atoms with Crippen molar-refractivity contribution in [2.24, 2.45) is 0 Å². The first-order valence-electron chi connectivity index (χ1n) is 5.44. The molecule has 96 valence electrons. The second kappa shape index (κ2) is 4.59. The molecule has 0 radical (unpaired) electrons. The molecule has 0 fully saturated rings. The maximum atomic E-state index is 13.3. The lowest BCUT2D eigenvalue weighted by Crippen LogP contribution is -2.22. The van der Waals surface area contributed by atoms with Gasteiger partial charge in [-0.05, 0) is 67.1 Å². The van der Waals surface area contributed by atoms with Crippen molar-refractivity contribution in [1.82, 2.24) is 14.8 Å². The lowest BCUT2D eigenvalue weighted by molar-refractivity contribution is 0.395. The van der Waals surface area contributed by atoms with E-state index < -0.39 is 0 Å². The molecule has 2 aromatic rings. The second-order valence-corrected chi connectivity index (χ2v) is 6.23. The minimum absolute atomic E-state index is 0.194. The zero-order chi connectivity index (χ0) is 13.5. The minimum Gasteiger partial charge on any atom is -0.295 e. The molecular formula is C12H13BrFN3S. The van der Waals surface area contributed by atoms with Crippen LogP contribution in [0.3, 0.4) is 0 Å². The van der Waals surface area contributed by atoms with E-state index in [9.17, 15) is 4.39 Å². The Morgan fingerprint density at radius 3 is 2.61 bits per heavy atom. The molecule has 1 aromatic carbocycles. The van der Waals surface area contributed by atoms with Crippen LogP contribution in [0.15, 0.2) is 22.7 Å². The van der Waals surface area contributed by atoms with E-state index >= 15 is 0 Å². The molecule has 0 unspecified atom stereocenters. The molecule has 3 nitrogen and oxygen atoms in total. The summed E-state index contributed by atoms with van der Waals surface area (Å²) in [5, 5.41) is 7.01. The number of hydrogen-bond donors (Lipinski definition) is 1. The van der Waals surface area contributed by atoms with Gasteiger partial charge in [-0.25, -0.2) is 4.39 Å². The van der Waals surface area contributed by atoms with Crippen molar-refractivity contribution in [2.75, 3.05) is 0 Å². The van der Waals surface area contributed by atoms with Crippen molar-refractivity contribution in [3.8, 4) is 11.4 Å². The molecule has 1 heterocycles. The summed E-state index contributed by atoms with van der Waals surface area (Å²) in [4.78, 5) is 0. The van der Waals surface area contributed by atoms with E-state index in [0.29, 0.717) is 15.1 Å². The van der Waals surface area contributed by atoms with Crippen LogP contribution in [0, 0.1) is 10.6 Å². The third-order valence-corrected chi connectivity index (χ3v) is 3.40. The lowest BCUT2D eigenvalue weighted by atomic mass is 10.1. The molecule has 18 heavy (non-hydrogen) atoms. The van der Waals surface area contributed by atoms with Crippen molar-refractivity contribution < 1.29 is 4.39 Å². The standard InChI is InChI=1S/C12H13BrFN3S/c1-12(2,3)17-10(15-16-11(17)18)7-4-5-9(14)8(13)6-7/h4-6H,1-3H3,(H,16,18). The third kappa shape index (κ3) is 2.40. The van der Waals surface area contributed by atoms with Gasteiger partial charge in [-0.1, -0.05) is 0 Å². The summed E-state index contributed by atoms with van der Waals surface area (Å²) in [6, 6.07) is 4.79. The molecule has 0 spiro atoms. The van der Waals surface area contributed by atoms with Crippen LogP contribution in [0.2, 0.25) is 0 Å². The van der Waals surface area contributed by atoms with Gasteiger partial charge in [-0.15, -0.1) is 0 Å². The van der Waals surface area contributed by atoms with Gasteiger partial charge in [0.1, 0.15) is 5.82 Å². The van der Waals surface area contributed by atoms with Crippen LogP contribution in [-0.2, 0) is 5.54 Å². The van der Waals surface area contributed by atoms with Gasteiger partial charge in [-0.3, -0.25) is 9.67 Å². The number of hydrogen-bond acceptors (Lipinski definition) is 2. The fourth-order valence-electron chi connectivity index (χ4n) is 1.75. The molecular weight excluding hydrogens is 317 g/mol. The largest absolute Gasteiger partial charge is 0.295 e. The number of aromatic nitrogens is 3. The van der Waals surface area contributed by atoms with E-state index in [1.807, 2.05) is 25.3 Å². The van der Waals surface area contributed by atoms with E-state index in [-0.39, 0.29) is 11.4 Å². The van der Waals surface area contributed by atoms with Crippen LogP contribution < -0.4 is 0 Å². The van der Waals surface area contributed by atoms with Crippen LogP contribution in [0.4, 0.5) is 4.39 Å². The molecule has 0 aliphatic carbocycles. The van der Waals surface area contributed by atoms with Crippen LogP contribution >= 0.6 is 28.1 Å². The van der Waals surface area contributed by atoms with E-state index in [0.717, 1.165) is 5.56 Å². The average molecular weight is 330 g/mol. The van der Waals surface area contributed by atoms with Crippen LogP contribution in [0.5, 0.6) is 0 Å². The Kier molecular flexibility index (Phi) is 3.42. The Labute approximate surface area is 118 Å². The second-order valence-electron chi connectivity index (χ2n) is 4.99. The third-order valence-electron chi connectivity index (χ3n) is 2.52. The summed E-state index contributed by atoms with van der Waals surface area (Å²) in [6.07, 6.45) is 0. The molecule has 0 atom stereocenters. The zero-order valence-corrected chi connectivity index (χ0v) is 12.7. The quantitative estimate of drug-likeness (QED) is 0.793. The van der Waals surface area contributed by atoms with E-state index in [1.54, 1.807) is 12.1 Å². The first-order valence-corrected chi connectivity index (χ1v) is 6.64. The molecule has 0 saturated heterocycles. The van der Waals surface area contributed by atoms with Gasteiger partial charge in [0.15, 0.2) is 10.6 Å². The summed E-state index contributed by atoms with van der Waals surface area (Å²) in [5.74, 6) is 0.406. The van der Waals surface area contributed by atoms with Gasteiger partial charge in [-0.2, -0.15) is 5.10 Å². The number of benzene rings is 1. The maximum absolute atomic E-state index is 13.3. The first kappa shape index (κ1) is 13.4. The van der Waals surface area contributed by atoms with Crippen molar-refractivity contribution in [2.45, 2.75) is 26.3 Å². The van der Waals surface area contributed by atoms with Crippen LogP contribution in [-0.4, -0.2) is 14.8 Å². The molecule has 0 bridgehead atoms. The molecule has 0 aliphatic rings. The highest BCUT2D eigenvalue weighted by molar-refractivity contribution is 9.10. The summed E-state index contributed by atoms with van der Waals surface area (Å²) >= 11 is 8.42. The van der Waals surface area contributed by atoms with Gasteiger partial charge in [0, 0.05) is 11.1 Å². The first-order chi connectivity index (χ1) is 8.30. The highest BCUT2D eigenvalue weighted by atomic mass is 79.9. The smallest absolute Gasteiger partial charge is 0.195 e. The molecule has 0 aliphatic heterocycles. The highest BCUT2D eigenvalue weighted by Gasteiger charge is 2.20. The normalized spacial score (nSPS) is 11.8. The topological polar surface area (TPSA) is 33.6 Å². The average Bonchev–Trinajstić information content (AvgIpc) is 2.64. The number of H-pyrrole nitrogens is 1. The predicted molar refractivity (Wildman–Crippen MR) is 75.5 cm³/mol. The minimum atomic E-state index is -0.296. The van der Waals surface area contributed by atoms with Crippen LogP contribution in [0.25, 0.3) is 11.4 Å². The Bertz CT molecular complexity index is 640. The monoisotopic (exact) mass is 329 g/mol. The van der Waals surface area contributed by atoms with E-state index in [2.05, 4.69) is 26.1 Å². The maximum Gasteiger partial charge on any atom is 0.195 e. The summed E-state index contributed by atoms with van der Waals surface area (Å²) < 4.78 is 16.1. The predicted octanol–water partition coefficient (Wildman–Crippen LogP) is 4.26. The number of halogens is 2. The van der Waals surface area contributed by atoms with Gasteiger partial charge >= 0.3 is 0 Å². The van der Waals surface area contributed by atoms with E-state index in [1.165, 1.54) is 6.07 Å².